The molecule has 0 saturated heterocycles. The van der Waals surface area contributed by atoms with Crippen molar-refractivity contribution in [2.24, 2.45) is 0 Å². The van der Waals surface area contributed by atoms with E-state index in [2.05, 4.69) is 15.5 Å². The fourth-order valence-corrected chi connectivity index (χ4v) is 3.28. The van der Waals surface area contributed by atoms with Crippen molar-refractivity contribution < 1.29 is 4.79 Å². The largest absolute Gasteiger partial charge is 0.347 e. The molecule has 0 aliphatic rings. The van der Waals surface area contributed by atoms with E-state index in [1.807, 2.05) is 30.3 Å². The first-order chi connectivity index (χ1) is 12.6. The molecular formula is C19H18Cl2N4O. The number of nitrogens with zero attached hydrogens (tertiary/aromatic N) is 3. The summed E-state index contributed by atoms with van der Waals surface area (Å²) in [6.07, 6.45) is 4.00. The Morgan fingerprint density at radius 3 is 2.31 bits per heavy atom. The second-order valence-corrected chi connectivity index (χ2v) is 6.63. The quantitative estimate of drug-likeness (QED) is 0.663. The highest BCUT2D eigenvalue weighted by Crippen LogP contribution is 2.25. The molecular weight excluding hydrogens is 371 g/mol. The van der Waals surface area contributed by atoms with E-state index in [1.165, 1.54) is 0 Å². The van der Waals surface area contributed by atoms with Crippen molar-refractivity contribution in [2.75, 3.05) is 0 Å². The summed E-state index contributed by atoms with van der Waals surface area (Å²) in [6.45, 7) is 0.454. The van der Waals surface area contributed by atoms with Gasteiger partial charge < -0.3 is 5.32 Å². The third-order valence-electron chi connectivity index (χ3n) is 4.01. The van der Waals surface area contributed by atoms with E-state index in [0.717, 1.165) is 11.1 Å². The van der Waals surface area contributed by atoms with Crippen molar-refractivity contribution in [1.29, 1.82) is 0 Å². The molecule has 1 atom stereocenters. The van der Waals surface area contributed by atoms with Gasteiger partial charge in [0.25, 0.3) is 0 Å². The van der Waals surface area contributed by atoms with Gasteiger partial charge in [0.1, 0.15) is 0 Å². The summed E-state index contributed by atoms with van der Waals surface area (Å²) in [5, 5.41) is 12.5. The Balaban J connectivity index is 1.67. The number of amides is 1. The molecule has 1 aromatic heterocycles. The van der Waals surface area contributed by atoms with Crippen molar-refractivity contribution in [3.63, 3.8) is 0 Å². The Bertz CT molecular complexity index is 833. The molecule has 1 heterocycles. The highest BCUT2D eigenvalue weighted by Gasteiger charge is 2.17. The van der Waals surface area contributed by atoms with Gasteiger partial charge in [-0.2, -0.15) is 15.0 Å². The van der Waals surface area contributed by atoms with Gasteiger partial charge in [0.05, 0.1) is 25.0 Å². The maximum absolute atomic E-state index is 12.5. The van der Waals surface area contributed by atoms with Crippen LogP contribution < -0.4 is 5.32 Å². The van der Waals surface area contributed by atoms with Crippen LogP contribution in [0.4, 0.5) is 0 Å². The molecule has 0 aliphatic heterocycles. The fraction of sp³-hybridized carbons (Fsp3) is 0.211. The molecule has 0 aliphatic carbocycles. The van der Waals surface area contributed by atoms with Crippen LogP contribution in [0, 0.1) is 0 Å². The topological polar surface area (TPSA) is 59.8 Å². The highest BCUT2D eigenvalue weighted by atomic mass is 35.5. The van der Waals surface area contributed by atoms with Crippen molar-refractivity contribution in [3.05, 3.63) is 82.1 Å². The van der Waals surface area contributed by atoms with Crippen LogP contribution in [0.5, 0.6) is 0 Å². The molecule has 2 aromatic carbocycles. The van der Waals surface area contributed by atoms with Gasteiger partial charge in [-0.05, 0) is 29.7 Å². The molecule has 134 valence electrons. The van der Waals surface area contributed by atoms with Crippen LogP contribution in [0.1, 0.15) is 23.6 Å². The zero-order valence-corrected chi connectivity index (χ0v) is 15.5. The van der Waals surface area contributed by atoms with Crippen LogP contribution in [-0.2, 0) is 17.8 Å². The van der Waals surface area contributed by atoms with Crippen molar-refractivity contribution in [1.82, 2.24) is 20.3 Å². The van der Waals surface area contributed by atoms with Gasteiger partial charge in [0.2, 0.25) is 5.91 Å². The zero-order chi connectivity index (χ0) is 18.4. The van der Waals surface area contributed by atoms with Crippen molar-refractivity contribution in [3.8, 4) is 0 Å². The van der Waals surface area contributed by atoms with E-state index in [0.29, 0.717) is 29.4 Å². The van der Waals surface area contributed by atoms with Gasteiger partial charge in [-0.3, -0.25) is 4.79 Å². The number of carbonyl (C=O) groups is 1. The first-order valence-electron chi connectivity index (χ1n) is 8.25. The highest BCUT2D eigenvalue weighted by molar-refractivity contribution is 6.36. The van der Waals surface area contributed by atoms with Crippen LogP contribution in [0.15, 0.2) is 60.9 Å². The molecule has 3 rings (SSSR count). The van der Waals surface area contributed by atoms with Crippen LogP contribution in [0.2, 0.25) is 10.0 Å². The molecule has 0 fully saturated rings. The van der Waals surface area contributed by atoms with Gasteiger partial charge in [0, 0.05) is 16.5 Å². The molecule has 0 bridgehead atoms. The van der Waals surface area contributed by atoms with Crippen molar-refractivity contribution in [2.45, 2.75) is 25.4 Å². The predicted molar refractivity (Wildman–Crippen MR) is 102 cm³/mol. The van der Waals surface area contributed by atoms with Gasteiger partial charge in [-0.15, -0.1) is 0 Å². The Labute approximate surface area is 161 Å². The summed E-state index contributed by atoms with van der Waals surface area (Å²) in [5.41, 5.74) is 1.78. The number of benzene rings is 2. The maximum atomic E-state index is 12.5. The minimum Gasteiger partial charge on any atom is -0.347 e. The lowest BCUT2D eigenvalue weighted by Gasteiger charge is -2.19. The number of nitrogens with one attached hydrogen (secondary N) is 1. The van der Waals surface area contributed by atoms with Crippen LogP contribution in [0.3, 0.4) is 0 Å². The molecule has 26 heavy (non-hydrogen) atoms. The molecule has 5 nitrogen and oxygen atoms in total. The Morgan fingerprint density at radius 2 is 1.65 bits per heavy atom. The Hall–Kier alpha value is -2.37. The van der Waals surface area contributed by atoms with Crippen LogP contribution >= 0.6 is 23.2 Å². The number of hydrogen-bond acceptors (Lipinski definition) is 3. The van der Waals surface area contributed by atoms with Gasteiger partial charge >= 0.3 is 0 Å². The zero-order valence-electron chi connectivity index (χ0n) is 14.0. The van der Waals surface area contributed by atoms with E-state index in [4.69, 9.17) is 23.2 Å². The van der Waals surface area contributed by atoms with E-state index in [-0.39, 0.29) is 11.9 Å². The van der Waals surface area contributed by atoms with Gasteiger partial charge in [0.15, 0.2) is 0 Å². The Kier molecular flexibility index (Phi) is 6.26. The minimum absolute atomic E-state index is 0.0815. The molecule has 0 radical (unpaired) electrons. The molecule has 1 amide bonds. The average molecular weight is 389 g/mol. The first-order valence-corrected chi connectivity index (χ1v) is 9.00. The lowest BCUT2D eigenvalue weighted by atomic mass is 10.1. The average Bonchev–Trinajstić information content (AvgIpc) is 3.15. The molecule has 7 heteroatoms. The minimum atomic E-state index is -0.224. The molecule has 0 saturated carbocycles. The van der Waals surface area contributed by atoms with Crippen molar-refractivity contribution >= 4 is 29.1 Å². The third-order valence-corrected chi connectivity index (χ3v) is 4.72. The van der Waals surface area contributed by atoms with Crippen LogP contribution in [0.25, 0.3) is 0 Å². The number of hydrogen-bond donors (Lipinski definition) is 1. The van der Waals surface area contributed by atoms with E-state index >= 15 is 0 Å². The third kappa shape index (κ3) is 4.84. The maximum Gasteiger partial charge on any atom is 0.220 e. The monoisotopic (exact) mass is 388 g/mol. The number of aromatic nitrogens is 3. The summed E-state index contributed by atoms with van der Waals surface area (Å²) in [4.78, 5) is 14.1. The fourth-order valence-electron chi connectivity index (χ4n) is 2.70. The SMILES string of the molecule is O=C(CCc1c(Cl)cccc1Cl)NC(Cn1nccn1)c1ccccc1. The standard InChI is InChI=1S/C19H18Cl2N4O/c20-16-7-4-8-17(21)15(16)9-10-19(26)24-18(13-25-22-11-12-23-25)14-5-2-1-3-6-14/h1-8,11-12,18H,9-10,13H2,(H,24,26). The lowest BCUT2D eigenvalue weighted by Crippen LogP contribution is -2.32. The molecule has 0 spiro atoms. The van der Waals surface area contributed by atoms with E-state index < -0.39 is 0 Å². The number of halogens is 2. The summed E-state index contributed by atoms with van der Waals surface area (Å²) in [6, 6.07) is 14.9. The first kappa shape index (κ1) is 18.4. The summed E-state index contributed by atoms with van der Waals surface area (Å²) in [5.74, 6) is -0.0815. The second kappa shape index (κ2) is 8.83. The molecule has 1 N–H and O–H groups in total. The predicted octanol–water partition coefficient (Wildman–Crippen LogP) is 4.08. The molecule has 3 aromatic rings. The normalized spacial score (nSPS) is 11.9. The summed E-state index contributed by atoms with van der Waals surface area (Å²) >= 11 is 12.3. The number of carbonyl (C=O) groups excluding carboxylic acids is 1. The summed E-state index contributed by atoms with van der Waals surface area (Å²) in [7, 11) is 0. The van der Waals surface area contributed by atoms with E-state index in [9.17, 15) is 4.79 Å². The lowest BCUT2D eigenvalue weighted by molar-refractivity contribution is -0.121. The van der Waals surface area contributed by atoms with Gasteiger partial charge in [-0.25, -0.2) is 0 Å². The van der Waals surface area contributed by atoms with E-state index in [1.54, 1.807) is 35.4 Å². The van der Waals surface area contributed by atoms with Gasteiger partial charge in [-0.1, -0.05) is 59.6 Å². The Morgan fingerprint density at radius 1 is 1.00 bits per heavy atom. The summed E-state index contributed by atoms with van der Waals surface area (Å²) < 4.78 is 0. The number of rotatable bonds is 7. The second-order valence-electron chi connectivity index (χ2n) is 5.81. The van der Waals surface area contributed by atoms with Crippen LogP contribution in [-0.4, -0.2) is 20.9 Å². The molecule has 1 unspecified atom stereocenters. The smallest absolute Gasteiger partial charge is 0.220 e.